The lowest BCUT2D eigenvalue weighted by molar-refractivity contribution is -0.166. The zero-order chi connectivity index (χ0) is 17.9. The smallest absolute Gasteiger partial charge is 0.313 e. The molecule has 0 aromatic heterocycles. The summed E-state index contributed by atoms with van der Waals surface area (Å²) < 4.78 is 0. The molecule has 24 heavy (non-hydrogen) atoms. The summed E-state index contributed by atoms with van der Waals surface area (Å²) in [5.41, 5.74) is 4.93. The van der Waals surface area contributed by atoms with Crippen LogP contribution in [0.3, 0.4) is 0 Å². The Balaban J connectivity index is 2.56. The van der Waals surface area contributed by atoms with Crippen LogP contribution in [-0.4, -0.2) is 34.1 Å². The molecule has 126 valence electrons. The molecule has 0 heterocycles. The Labute approximate surface area is 144 Å². The quantitative estimate of drug-likeness (QED) is 0.331. The van der Waals surface area contributed by atoms with E-state index in [4.69, 9.17) is 22.5 Å². The van der Waals surface area contributed by atoms with Crippen molar-refractivity contribution in [2.75, 3.05) is 12.8 Å². The summed E-state index contributed by atoms with van der Waals surface area (Å²) in [5, 5.41) is 20.9. The first-order valence-corrected chi connectivity index (χ1v) is 7.46. The highest BCUT2D eigenvalue weighted by molar-refractivity contribution is 6.36. The third-order valence-corrected chi connectivity index (χ3v) is 3.89. The highest BCUT2D eigenvalue weighted by Gasteiger charge is 2.38. The largest absolute Gasteiger partial charge is 0.398 e. The molecule has 0 saturated heterocycles. The zero-order valence-corrected chi connectivity index (χ0v) is 13.7. The molecule has 6 nitrogen and oxygen atoms in total. The Morgan fingerprint density at radius 3 is 2.46 bits per heavy atom. The van der Waals surface area contributed by atoms with Gasteiger partial charge in [0.1, 0.15) is 5.60 Å². The first kappa shape index (κ1) is 17.9. The number of para-hydroxylation sites is 1. The summed E-state index contributed by atoms with van der Waals surface area (Å²) in [7, 11) is 1.04. The van der Waals surface area contributed by atoms with Gasteiger partial charge in [-0.2, -0.15) is 0 Å². The predicted molar refractivity (Wildman–Crippen MR) is 89.5 cm³/mol. The van der Waals surface area contributed by atoms with Gasteiger partial charge in [0.15, 0.2) is 0 Å². The van der Waals surface area contributed by atoms with E-state index in [1.165, 1.54) is 6.07 Å². The fraction of sp³-hybridized carbons (Fsp3) is 0.176. The van der Waals surface area contributed by atoms with Crippen molar-refractivity contribution in [1.82, 2.24) is 5.06 Å². The molecule has 0 radical (unpaired) electrons. The van der Waals surface area contributed by atoms with Crippen LogP contribution in [0.2, 0.25) is 5.02 Å². The molecule has 0 aliphatic rings. The number of hydrogen-bond acceptors (Lipinski definition) is 5. The SMILES string of the molecule is CN(O)C(=O)C(=O)CC(O)(c1cccc(Cl)c1)c1ccccc1N. The number of rotatable bonds is 5. The number of halogens is 1. The van der Waals surface area contributed by atoms with Crippen LogP contribution in [0.15, 0.2) is 48.5 Å². The number of amides is 1. The van der Waals surface area contributed by atoms with E-state index in [9.17, 15) is 14.7 Å². The molecule has 1 amide bonds. The van der Waals surface area contributed by atoms with Crippen molar-refractivity contribution in [3.8, 4) is 0 Å². The molecule has 0 aliphatic carbocycles. The number of Topliss-reactive ketones (excluding diaryl/α,β-unsaturated/α-hetero) is 1. The molecule has 7 heteroatoms. The minimum Gasteiger partial charge on any atom is -0.398 e. The number of ketones is 1. The molecule has 1 unspecified atom stereocenters. The Bertz CT molecular complexity index is 779. The molecule has 0 spiro atoms. The van der Waals surface area contributed by atoms with Crippen molar-refractivity contribution >= 4 is 29.0 Å². The van der Waals surface area contributed by atoms with Gasteiger partial charge in [-0.15, -0.1) is 0 Å². The molecule has 1 atom stereocenters. The van der Waals surface area contributed by atoms with Crippen molar-refractivity contribution < 1.29 is 19.9 Å². The van der Waals surface area contributed by atoms with Gasteiger partial charge in [0.25, 0.3) is 0 Å². The number of hydrogen-bond donors (Lipinski definition) is 3. The summed E-state index contributed by atoms with van der Waals surface area (Å²) in [6.07, 6.45) is -0.592. The molecule has 0 saturated carbocycles. The Morgan fingerprint density at radius 2 is 1.88 bits per heavy atom. The number of likely N-dealkylation sites (N-methyl/N-ethyl adjacent to an activating group) is 1. The fourth-order valence-electron chi connectivity index (χ4n) is 2.46. The van der Waals surface area contributed by atoms with E-state index < -0.39 is 23.7 Å². The standard InChI is InChI=1S/C17H17ClN2O4/c1-20(24)16(22)15(21)10-17(23,11-5-4-6-12(18)9-11)13-7-2-3-8-14(13)19/h2-9,23-24H,10,19H2,1H3. The number of carbonyl (C=O) groups excluding carboxylic acids is 2. The molecule has 0 aliphatic heterocycles. The number of nitrogens with two attached hydrogens (primary N) is 1. The van der Waals surface area contributed by atoms with Crippen LogP contribution in [0.5, 0.6) is 0 Å². The number of carbonyl (C=O) groups is 2. The van der Waals surface area contributed by atoms with E-state index in [1.54, 1.807) is 42.5 Å². The fourth-order valence-corrected chi connectivity index (χ4v) is 2.65. The van der Waals surface area contributed by atoms with E-state index in [1.807, 2.05) is 0 Å². The van der Waals surface area contributed by atoms with E-state index in [0.29, 0.717) is 10.6 Å². The van der Waals surface area contributed by atoms with Gasteiger partial charge in [0, 0.05) is 23.3 Å². The molecule has 0 bridgehead atoms. The van der Waals surface area contributed by atoms with Gasteiger partial charge in [-0.1, -0.05) is 41.9 Å². The molecular weight excluding hydrogens is 332 g/mol. The van der Waals surface area contributed by atoms with Crippen LogP contribution < -0.4 is 5.73 Å². The number of nitrogens with zero attached hydrogens (tertiary/aromatic N) is 1. The molecule has 2 aromatic rings. The van der Waals surface area contributed by atoms with Crippen LogP contribution in [0.25, 0.3) is 0 Å². The number of hydroxylamine groups is 2. The first-order valence-electron chi connectivity index (χ1n) is 7.09. The van der Waals surface area contributed by atoms with E-state index in [0.717, 1.165) is 7.05 Å². The molecule has 2 aromatic carbocycles. The van der Waals surface area contributed by atoms with Gasteiger partial charge in [-0.05, 0) is 23.8 Å². The van der Waals surface area contributed by atoms with Crippen molar-refractivity contribution in [1.29, 1.82) is 0 Å². The Hall–Kier alpha value is -2.41. The van der Waals surface area contributed by atoms with Crippen molar-refractivity contribution in [2.45, 2.75) is 12.0 Å². The van der Waals surface area contributed by atoms with Gasteiger partial charge in [0.2, 0.25) is 5.78 Å². The molecular formula is C17H17ClN2O4. The Morgan fingerprint density at radius 1 is 1.21 bits per heavy atom. The molecule has 4 N–H and O–H groups in total. The van der Waals surface area contributed by atoms with Crippen molar-refractivity contribution in [3.63, 3.8) is 0 Å². The highest BCUT2D eigenvalue weighted by Crippen LogP contribution is 2.37. The first-order chi connectivity index (χ1) is 11.3. The predicted octanol–water partition coefficient (Wildman–Crippen LogP) is 1.96. The zero-order valence-electron chi connectivity index (χ0n) is 12.9. The van der Waals surface area contributed by atoms with E-state index in [-0.39, 0.29) is 16.3 Å². The van der Waals surface area contributed by atoms with Gasteiger partial charge in [-0.3, -0.25) is 14.8 Å². The maximum Gasteiger partial charge on any atom is 0.313 e. The van der Waals surface area contributed by atoms with Gasteiger partial charge in [0.05, 0.1) is 6.42 Å². The third kappa shape index (κ3) is 3.56. The minimum absolute atomic E-state index is 0.176. The van der Waals surface area contributed by atoms with Gasteiger partial charge in [-0.25, -0.2) is 5.06 Å². The summed E-state index contributed by atoms with van der Waals surface area (Å²) >= 11 is 5.99. The van der Waals surface area contributed by atoms with Crippen LogP contribution in [0, 0.1) is 0 Å². The average Bonchev–Trinajstić information content (AvgIpc) is 2.54. The second-order valence-electron chi connectivity index (χ2n) is 5.39. The second-order valence-corrected chi connectivity index (χ2v) is 5.82. The van der Waals surface area contributed by atoms with Crippen LogP contribution in [0.4, 0.5) is 5.69 Å². The second kappa shape index (κ2) is 7.00. The lowest BCUT2D eigenvalue weighted by Crippen LogP contribution is -2.38. The lowest BCUT2D eigenvalue weighted by atomic mass is 9.81. The van der Waals surface area contributed by atoms with Crippen LogP contribution >= 0.6 is 11.6 Å². The number of anilines is 1. The lowest BCUT2D eigenvalue weighted by Gasteiger charge is -2.30. The van der Waals surface area contributed by atoms with Gasteiger partial charge < -0.3 is 10.8 Å². The molecule has 0 fully saturated rings. The topological polar surface area (TPSA) is 104 Å². The van der Waals surface area contributed by atoms with Crippen molar-refractivity contribution in [3.05, 3.63) is 64.7 Å². The number of benzene rings is 2. The molecule has 2 rings (SSSR count). The number of nitrogen functional groups attached to an aromatic ring is 1. The number of aliphatic hydroxyl groups is 1. The normalized spacial score (nSPS) is 13.2. The third-order valence-electron chi connectivity index (χ3n) is 3.66. The van der Waals surface area contributed by atoms with E-state index >= 15 is 0 Å². The van der Waals surface area contributed by atoms with E-state index in [2.05, 4.69) is 0 Å². The maximum atomic E-state index is 12.2. The van der Waals surface area contributed by atoms with Crippen LogP contribution in [0.1, 0.15) is 17.5 Å². The monoisotopic (exact) mass is 348 g/mol. The maximum absolute atomic E-state index is 12.2. The minimum atomic E-state index is -1.86. The van der Waals surface area contributed by atoms with Crippen molar-refractivity contribution in [2.24, 2.45) is 0 Å². The highest BCUT2D eigenvalue weighted by atomic mass is 35.5. The summed E-state index contributed by atoms with van der Waals surface area (Å²) in [6, 6.07) is 12.8. The Kier molecular flexibility index (Phi) is 5.23. The van der Waals surface area contributed by atoms with Crippen LogP contribution in [-0.2, 0) is 15.2 Å². The average molecular weight is 349 g/mol. The summed E-state index contributed by atoms with van der Waals surface area (Å²) in [6.45, 7) is 0. The van der Waals surface area contributed by atoms with Gasteiger partial charge >= 0.3 is 5.91 Å². The summed E-state index contributed by atoms with van der Waals surface area (Å²) in [4.78, 5) is 23.9. The summed E-state index contributed by atoms with van der Waals surface area (Å²) in [5.74, 6) is -2.10.